The second kappa shape index (κ2) is 13.0. The number of amides is 2. The number of benzene rings is 2. The molecule has 2 aromatic carbocycles. The highest BCUT2D eigenvalue weighted by atomic mass is 16.5. The van der Waals surface area contributed by atoms with Crippen molar-refractivity contribution in [2.45, 2.75) is 78.0 Å². The van der Waals surface area contributed by atoms with E-state index in [1.54, 1.807) is 0 Å². The number of hydrogen-bond acceptors (Lipinski definition) is 4. The first-order valence-electron chi connectivity index (χ1n) is 15.2. The van der Waals surface area contributed by atoms with Crippen LogP contribution >= 0.6 is 0 Å². The second-order valence-corrected chi connectivity index (χ2v) is 12.4. The summed E-state index contributed by atoms with van der Waals surface area (Å²) in [6, 6.07) is 16.0. The molecule has 3 aliphatic rings. The molecule has 0 aromatic heterocycles. The van der Waals surface area contributed by atoms with Gasteiger partial charge < -0.3 is 19.9 Å². The molecule has 40 heavy (non-hydrogen) atoms. The fourth-order valence-electron chi connectivity index (χ4n) is 6.83. The maximum atomic E-state index is 13.6. The highest BCUT2D eigenvalue weighted by Crippen LogP contribution is 2.34. The van der Waals surface area contributed by atoms with Crippen LogP contribution in [0.5, 0.6) is 0 Å². The topological polar surface area (TPSA) is 61.9 Å². The number of nitrogens with zero attached hydrogens (tertiary/aromatic N) is 2. The van der Waals surface area contributed by atoms with E-state index in [9.17, 15) is 9.59 Å². The monoisotopic (exact) mass is 543 g/mol. The van der Waals surface area contributed by atoms with Crippen LogP contribution in [-0.2, 0) is 16.1 Å². The summed E-state index contributed by atoms with van der Waals surface area (Å²) < 4.78 is 6.29. The van der Waals surface area contributed by atoms with Gasteiger partial charge >= 0.3 is 0 Å². The van der Waals surface area contributed by atoms with Gasteiger partial charge in [-0.2, -0.15) is 0 Å². The molecule has 214 valence electrons. The van der Waals surface area contributed by atoms with Crippen molar-refractivity contribution in [3.63, 3.8) is 0 Å². The van der Waals surface area contributed by atoms with Gasteiger partial charge in [0, 0.05) is 31.7 Å². The van der Waals surface area contributed by atoms with E-state index in [2.05, 4.69) is 55.3 Å². The number of ether oxygens (including phenoxy) is 1. The van der Waals surface area contributed by atoms with Gasteiger partial charge in [0.2, 0.25) is 0 Å². The number of piperidine rings is 1. The molecular weight excluding hydrogens is 498 g/mol. The Hall–Kier alpha value is -3.12. The number of rotatable bonds is 8. The predicted octanol–water partition coefficient (Wildman–Crippen LogP) is 5.80. The minimum atomic E-state index is -0.0565. The van der Waals surface area contributed by atoms with Gasteiger partial charge in [-0.3, -0.25) is 9.59 Å². The fraction of sp³-hybridized carbons (Fsp3) is 0.529. The summed E-state index contributed by atoms with van der Waals surface area (Å²) in [6.07, 6.45) is 8.33. The third kappa shape index (κ3) is 7.14. The first kappa shape index (κ1) is 28.4. The average Bonchev–Trinajstić information content (AvgIpc) is 2.93. The molecule has 6 heteroatoms. The molecule has 2 amide bonds. The second-order valence-electron chi connectivity index (χ2n) is 12.4. The third-order valence-electron chi connectivity index (χ3n) is 8.61. The Labute approximate surface area is 239 Å². The van der Waals surface area contributed by atoms with Crippen molar-refractivity contribution >= 4 is 17.9 Å². The van der Waals surface area contributed by atoms with E-state index in [-0.39, 0.29) is 24.0 Å². The number of nitrogens with one attached hydrogen (secondary N) is 1. The number of carbonyl (C=O) groups is 2. The molecule has 3 fully saturated rings. The number of likely N-dealkylation sites (tertiary alicyclic amines) is 1. The van der Waals surface area contributed by atoms with Gasteiger partial charge in [-0.1, -0.05) is 62.2 Å². The molecule has 1 saturated carbocycles. The van der Waals surface area contributed by atoms with Gasteiger partial charge in [0.15, 0.2) is 5.76 Å². The van der Waals surface area contributed by atoms with E-state index in [0.29, 0.717) is 24.4 Å². The Kier molecular flexibility index (Phi) is 9.25. The summed E-state index contributed by atoms with van der Waals surface area (Å²) in [4.78, 5) is 30.9. The number of hydrogen-bond donors (Lipinski definition) is 1. The Morgan fingerprint density at radius 2 is 1.80 bits per heavy atom. The molecule has 1 aliphatic carbocycles. The number of fused-ring (bicyclic) bond motifs is 1. The third-order valence-corrected chi connectivity index (χ3v) is 8.61. The van der Waals surface area contributed by atoms with Crippen LogP contribution in [0.4, 0.5) is 0 Å². The lowest BCUT2D eigenvalue weighted by Crippen LogP contribution is -2.54. The molecule has 6 nitrogen and oxygen atoms in total. The van der Waals surface area contributed by atoms with Gasteiger partial charge in [0.05, 0.1) is 6.04 Å². The van der Waals surface area contributed by atoms with Crippen LogP contribution in [-0.4, -0.2) is 59.9 Å². The Bertz CT molecular complexity index is 1200. The van der Waals surface area contributed by atoms with E-state index in [4.69, 9.17) is 4.74 Å². The SMILES string of the molecule is Cc1cccc(CN2C(=O)/C(=C\c3ccc(C(=O)NCCCN4CC(C)CC(C)C4)cc3)OC3CCCCC32)c1. The maximum absolute atomic E-state index is 13.6. The van der Waals surface area contributed by atoms with Crippen molar-refractivity contribution in [3.8, 4) is 0 Å². The number of carbonyl (C=O) groups excluding carboxylic acids is 2. The predicted molar refractivity (Wildman–Crippen MR) is 160 cm³/mol. The molecule has 5 rings (SSSR count). The van der Waals surface area contributed by atoms with Gasteiger partial charge in [-0.15, -0.1) is 0 Å². The number of morpholine rings is 1. The van der Waals surface area contributed by atoms with Gasteiger partial charge in [-0.25, -0.2) is 0 Å². The molecule has 2 aromatic rings. The first-order chi connectivity index (χ1) is 19.4. The molecule has 2 saturated heterocycles. The van der Waals surface area contributed by atoms with E-state index < -0.39 is 0 Å². The fourth-order valence-corrected chi connectivity index (χ4v) is 6.83. The zero-order chi connectivity index (χ0) is 28.1. The molecule has 0 spiro atoms. The summed E-state index contributed by atoms with van der Waals surface area (Å²) >= 11 is 0. The highest BCUT2D eigenvalue weighted by molar-refractivity contribution is 5.97. The standard InChI is InChI=1S/C34H45N3O3/c1-24-8-6-9-28(19-24)23-37-30-10-4-5-11-31(30)40-32(34(37)39)20-27-12-14-29(15-13-27)33(38)35-16-7-17-36-21-25(2)18-26(3)22-36/h6,8-9,12-15,19-20,25-26,30-31H,4-5,7,10-11,16-18,21-23H2,1-3H3,(H,35,38)/b32-20+. The molecule has 2 heterocycles. The lowest BCUT2D eigenvalue weighted by Gasteiger charge is -2.44. The van der Waals surface area contributed by atoms with E-state index >= 15 is 0 Å². The zero-order valence-electron chi connectivity index (χ0n) is 24.4. The van der Waals surface area contributed by atoms with Crippen molar-refractivity contribution < 1.29 is 14.3 Å². The van der Waals surface area contributed by atoms with Crippen LogP contribution in [0.1, 0.15) is 79.4 Å². The molecule has 0 bridgehead atoms. The largest absolute Gasteiger partial charge is 0.482 e. The summed E-state index contributed by atoms with van der Waals surface area (Å²) in [5.74, 6) is 1.79. The summed E-state index contributed by atoms with van der Waals surface area (Å²) in [5, 5.41) is 3.07. The van der Waals surface area contributed by atoms with Gasteiger partial charge in [0.1, 0.15) is 6.10 Å². The van der Waals surface area contributed by atoms with Crippen LogP contribution in [0.25, 0.3) is 6.08 Å². The molecular formula is C34H45N3O3. The minimum Gasteiger partial charge on any atom is -0.482 e. The Balaban J connectivity index is 1.19. The molecule has 4 atom stereocenters. The average molecular weight is 544 g/mol. The van der Waals surface area contributed by atoms with E-state index in [1.807, 2.05) is 35.2 Å². The van der Waals surface area contributed by atoms with Crippen LogP contribution in [0.3, 0.4) is 0 Å². The number of aryl methyl sites for hydroxylation is 1. The summed E-state index contributed by atoms with van der Waals surface area (Å²) in [7, 11) is 0. The first-order valence-corrected chi connectivity index (χ1v) is 15.2. The highest BCUT2D eigenvalue weighted by Gasteiger charge is 2.41. The van der Waals surface area contributed by atoms with Crippen molar-refractivity contribution in [1.82, 2.24) is 15.1 Å². The smallest absolute Gasteiger partial charge is 0.289 e. The molecule has 2 aliphatic heterocycles. The van der Waals surface area contributed by atoms with Gasteiger partial charge in [-0.05, 0) is 86.7 Å². The van der Waals surface area contributed by atoms with Crippen LogP contribution in [0.2, 0.25) is 0 Å². The summed E-state index contributed by atoms with van der Waals surface area (Å²) in [5.41, 5.74) is 3.84. The lowest BCUT2D eigenvalue weighted by atomic mass is 9.89. The van der Waals surface area contributed by atoms with Crippen molar-refractivity contribution in [2.75, 3.05) is 26.2 Å². The van der Waals surface area contributed by atoms with Crippen LogP contribution in [0.15, 0.2) is 54.3 Å². The van der Waals surface area contributed by atoms with E-state index in [1.165, 1.54) is 12.0 Å². The maximum Gasteiger partial charge on any atom is 0.289 e. The Morgan fingerprint density at radius 1 is 1.05 bits per heavy atom. The van der Waals surface area contributed by atoms with Gasteiger partial charge in [0.25, 0.3) is 11.8 Å². The van der Waals surface area contributed by atoms with Crippen LogP contribution < -0.4 is 5.32 Å². The lowest BCUT2D eigenvalue weighted by molar-refractivity contribution is -0.149. The van der Waals surface area contributed by atoms with Crippen LogP contribution in [0, 0.1) is 18.8 Å². The Morgan fingerprint density at radius 3 is 2.55 bits per heavy atom. The van der Waals surface area contributed by atoms with Crippen molar-refractivity contribution in [1.29, 1.82) is 0 Å². The zero-order valence-corrected chi connectivity index (χ0v) is 24.4. The minimum absolute atomic E-state index is 0.0314. The summed E-state index contributed by atoms with van der Waals surface area (Å²) in [6.45, 7) is 11.4. The van der Waals surface area contributed by atoms with Crippen molar-refractivity contribution in [2.24, 2.45) is 11.8 Å². The quantitative estimate of drug-likeness (QED) is 0.338. The normalized spacial score (nSPS) is 26.3. The molecule has 4 unspecified atom stereocenters. The molecule has 0 radical (unpaired) electrons. The van der Waals surface area contributed by atoms with Crippen molar-refractivity contribution in [3.05, 3.63) is 76.5 Å². The van der Waals surface area contributed by atoms with E-state index in [0.717, 1.165) is 74.7 Å². The molecule has 1 N–H and O–H groups in total.